The molecule has 1 unspecified atom stereocenters. The van der Waals surface area contributed by atoms with E-state index >= 15 is 0 Å². The fourth-order valence-electron chi connectivity index (χ4n) is 2.66. The monoisotopic (exact) mass is 303 g/mol. The van der Waals surface area contributed by atoms with Gasteiger partial charge in [0.25, 0.3) is 0 Å². The molecule has 1 fully saturated rings. The van der Waals surface area contributed by atoms with Crippen molar-refractivity contribution < 1.29 is 9.59 Å². The van der Waals surface area contributed by atoms with Crippen molar-refractivity contribution in [3.8, 4) is 0 Å². The molecule has 120 valence electrons. The smallest absolute Gasteiger partial charge is 0.315 e. The van der Waals surface area contributed by atoms with Crippen LogP contribution in [-0.2, 0) is 4.79 Å². The van der Waals surface area contributed by atoms with Crippen molar-refractivity contribution in [1.82, 2.24) is 15.5 Å². The summed E-state index contributed by atoms with van der Waals surface area (Å²) in [5.41, 5.74) is 1.06. The summed E-state index contributed by atoms with van der Waals surface area (Å²) in [7, 11) is 0. The quantitative estimate of drug-likeness (QED) is 0.877. The zero-order valence-electron chi connectivity index (χ0n) is 13.2. The molecule has 1 saturated heterocycles. The van der Waals surface area contributed by atoms with Gasteiger partial charge in [-0.2, -0.15) is 0 Å². The van der Waals surface area contributed by atoms with E-state index in [0.29, 0.717) is 13.0 Å². The minimum Gasteiger partial charge on any atom is -0.343 e. The normalized spacial score (nSPS) is 16.0. The van der Waals surface area contributed by atoms with E-state index in [1.54, 1.807) is 0 Å². The summed E-state index contributed by atoms with van der Waals surface area (Å²) in [6.07, 6.45) is 3.76. The molecule has 5 heteroatoms. The number of carbonyl (C=O) groups is 2. The lowest BCUT2D eigenvalue weighted by Crippen LogP contribution is -2.40. The summed E-state index contributed by atoms with van der Waals surface area (Å²) < 4.78 is 0. The van der Waals surface area contributed by atoms with Crippen LogP contribution >= 0.6 is 0 Å². The molecule has 0 aliphatic carbocycles. The molecule has 0 saturated carbocycles. The van der Waals surface area contributed by atoms with Gasteiger partial charge in [-0.05, 0) is 31.7 Å². The Morgan fingerprint density at radius 3 is 2.50 bits per heavy atom. The predicted octanol–water partition coefficient (Wildman–Crippen LogP) is 2.45. The van der Waals surface area contributed by atoms with E-state index in [-0.39, 0.29) is 18.0 Å². The van der Waals surface area contributed by atoms with Gasteiger partial charge in [-0.25, -0.2) is 4.79 Å². The highest BCUT2D eigenvalue weighted by Gasteiger charge is 2.16. The van der Waals surface area contributed by atoms with Crippen molar-refractivity contribution in [2.75, 3.05) is 19.6 Å². The van der Waals surface area contributed by atoms with E-state index in [4.69, 9.17) is 0 Å². The minimum absolute atomic E-state index is 0.0565. The van der Waals surface area contributed by atoms with Crippen molar-refractivity contribution >= 4 is 11.9 Å². The van der Waals surface area contributed by atoms with Crippen molar-refractivity contribution in [1.29, 1.82) is 0 Å². The molecule has 0 spiro atoms. The van der Waals surface area contributed by atoms with Crippen molar-refractivity contribution in [2.24, 2.45) is 0 Å². The Morgan fingerprint density at radius 2 is 1.82 bits per heavy atom. The topological polar surface area (TPSA) is 61.4 Å². The first kappa shape index (κ1) is 16.3. The SMILES string of the molecule is CC(NC(=O)NCCC(=O)N1CCCCC1)c1ccccc1. The largest absolute Gasteiger partial charge is 0.343 e. The zero-order valence-corrected chi connectivity index (χ0v) is 13.2. The highest BCUT2D eigenvalue weighted by atomic mass is 16.2. The highest BCUT2D eigenvalue weighted by Crippen LogP contribution is 2.11. The molecule has 3 amide bonds. The minimum atomic E-state index is -0.234. The lowest BCUT2D eigenvalue weighted by atomic mass is 10.1. The van der Waals surface area contributed by atoms with Gasteiger partial charge in [0.05, 0.1) is 6.04 Å². The molecule has 2 N–H and O–H groups in total. The number of rotatable bonds is 5. The summed E-state index contributed by atoms with van der Waals surface area (Å²) in [5.74, 6) is 0.135. The summed E-state index contributed by atoms with van der Waals surface area (Å²) in [6, 6.07) is 9.51. The number of likely N-dealkylation sites (tertiary alicyclic amines) is 1. The van der Waals surface area contributed by atoms with Crippen LogP contribution in [0.15, 0.2) is 30.3 Å². The average molecular weight is 303 g/mol. The van der Waals surface area contributed by atoms with Crippen LogP contribution in [0, 0.1) is 0 Å². The van der Waals surface area contributed by atoms with Crippen LogP contribution in [0.5, 0.6) is 0 Å². The van der Waals surface area contributed by atoms with Gasteiger partial charge in [-0.3, -0.25) is 4.79 Å². The second-order valence-electron chi connectivity index (χ2n) is 5.72. The lowest BCUT2D eigenvalue weighted by molar-refractivity contribution is -0.131. The van der Waals surface area contributed by atoms with Crippen LogP contribution in [0.4, 0.5) is 4.79 Å². The number of piperidine rings is 1. The Bertz CT molecular complexity index is 484. The zero-order chi connectivity index (χ0) is 15.8. The average Bonchev–Trinajstić information content (AvgIpc) is 2.56. The maximum Gasteiger partial charge on any atom is 0.315 e. The summed E-state index contributed by atoms with van der Waals surface area (Å²) >= 11 is 0. The van der Waals surface area contributed by atoms with Gasteiger partial charge in [0.1, 0.15) is 0 Å². The van der Waals surface area contributed by atoms with Gasteiger partial charge >= 0.3 is 6.03 Å². The number of urea groups is 1. The van der Waals surface area contributed by atoms with Crippen LogP contribution in [0.3, 0.4) is 0 Å². The van der Waals surface area contributed by atoms with E-state index in [2.05, 4.69) is 10.6 Å². The van der Waals surface area contributed by atoms with Crippen LogP contribution in [0.1, 0.15) is 44.2 Å². The Kier molecular flexibility index (Phi) is 6.25. The Labute approximate surface area is 132 Å². The predicted molar refractivity (Wildman–Crippen MR) is 86.4 cm³/mol. The molecule has 1 heterocycles. The number of nitrogens with one attached hydrogen (secondary N) is 2. The van der Waals surface area contributed by atoms with Gasteiger partial charge in [0.2, 0.25) is 5.91 Å². The Morgan fingerprint density at radius 1 is 1.14 bits per heavy atom. The van der Waals surface area contributed by atoms with E-state index in [1.807, 2.05) is 42.2 Å². The fraction of sp³-hybridized carbons (Fsp3) is 0.529. The first-order valence-corrected chi connectivity index (χ1v) is 8.04. The van der Waals surface area contributed by atoms with Gasteiger partial charge in [0.15, 0.2) is 0 Å². The van der Waals surface area contributed by atoms with E-state index in [0.717, 1.165) is 31.5 Å². The van der Waals surface area contributed by atoms with Crippen LogP contribution in [0.2, 0.25) is 0 Å². The molecule has 0 bridgehead atoms. The summed E-state index contributed by atoms with van der Waals surface area (Å²) in [6.45, 7) is 4.03. The third-order valence-corrected chi connectivity index (χ3v) is 3.98. The molecule has 22 heavy (non-hydrogen) atoms. The number of nitrogens with zero attached hydrogens (tertiary/aromatic N) is 1. The fourth-order valence-corrected chi connectivity index (χ4v) is 2.66. The Hall–Kier alpha value is -2.04. The number of amides is 3. The standard InChI is InChI=1S/C17H25N3O2/c1-14(15-8-4-2-5-9-15)19-17(22)18-11-10-16(21)20-12-6-3-7-13-20/h2,4-5,8-9,14H,3,6-7,10-13H2,1H3,(H2,18,19,22). The molecule has 1 atom stereocenters. The van der Waals surface area contributed by atoms with Crippen molar-refractivity contribution in [3.63, 3.8) is 0 Å². The molecule has 1 aromatic carbocycles. The number of hydrogen-bond acceptors (Lipinski definition) is 2. The summed E-state index contributed by atoms with van der Waals surface area (Å²) in [4.78, 5) is 25.7. The lowest BCUT2D eigenvalue weighted by Gasteiger charge is -2.26. The van der Waals surface area contributed by atoms with Crippen molar-refractivity contribution in [2.45, 2.75) is 38.6 Å². The molecule has 1 aliphatic rings. The molecule has 5 nitrogen and oxygen atoms in total. The molecular weight excluding hydrogens is 278 g/mol. The van der Waals surface area contributed by atoms with E-state index in [1.165, 1.54) is 6.42 Å². The molecule has 2 rings (SSSR count). The van der Waals surface area contributed by atoms with Crippen LogP contribution in [-0.4, -0.2) is 36.5 Å². The summed E-state index contributed by atoms with van der Waals surface area (Å²) in [5, 5.41) is 5.63. The number of carbonyl (C=O) groups excluding carboxylic acids is 2. The molecule has 1 aliphatic heterocycles. The number of benzene rings is 1. The molecule has 0 aromatic heterocycles. The van der Waals surface area contributed by atoms with E-state index < -0.39 is 0 Å². The third-order valence-electron chi connectivity index (χ3n) is 3.98. The van der Waals surface area contributed by atoms with E-state index in [9.17, 15) is 9.59 Å². The molecule has 0 radical (unpaired) electrons. The molecule has 1 aromatic rings. The third kappa shape index (κ3) is 5.06. The van der Waals surface area contributed by atoms with Gasteiger partial charge in [-0.1, -0.05) is 30.3 Å². The van der Waals surface area contributed by atoms with Crippen molar-refractivity contribution in [3.05, 3.63) is 35.9 Å². The maximum atomic E-state index is 12.0. The maximum absolute atomic E-state index is 12.0. The van der Waals surface area contributed by atoms with Crippen LogP contribution in [0.25, 0.3) is 0 Å². The van der Waals surface area contributed by atoms with Crippen LogP contribution < -0.4 is 10.6 Å². The van der Waals surface area contributed by atoms with Gasteiger partial charge < -0.3 is 15.5 Å². The Balaban J connectivity index is 1.66. The highest BCUT2D eigenvalue weighted by molar-refractivity contribution is 5.78. The second kappa shape index (κ2) is 8.41. The first-order chi connectivity index (χ1) is 10.7. The van der Waals surface area contributed by atoms with Gasteiger partial charge in [-0.15, -0.1) is 0 Å². The molecular formula is C17H25N3O2. The number of hydrogen-bond donors (Lipinski definition) is 2. The van der Waals surface area contributed by atoms with Gasteiger partial charge in [0, 0.05) is 26.1 Å². The first-order valence-electron chi connectivity index (χ1n) is 8.04. The second-order valence-corrected chi connectivity index (χ2v) is 5.72.